The van der Waals surface area contributed by atoms with Gasteiger partial charge in [-0.25, -0.2) is 0 Å². The predicted octanol–water partition coefficient (Wildman–Crippen LogP) is 1.82. The van der Waals surface area contributed by atoms with Crippen LogP contribution in [0.25, 0.3) is 0 Å². The summed E-state index contributed by atoms with van der Waals surface area (Å²) in [5, 5.41) is 0. The molecule has 1 aromatic rings. The Morgan fingerprint density at radius 2 is 1.88 bits per heavy atom. The molecule has 1 aromatic carbocycles. The van der Waals surface area contributed by atoms with Gasteiger partial charge in [-0.2, -0.15) is 0 Å². The minimum absolute atomic E-state index is 0.667. The van der Waals surface area contributed by atoms with Crippen molar-refractivity contribution in [3.05, 3.63) is 35.9 Å². The van der Waals surface area contributed by atoms with Crippen LogP contribution in [0.3, 0.4) is 0 Å². The largest absolute Gasteiger partial charge is 0.329 e. The zero-order valence-corrected chi connectivity index (χ0v) is 9.68. The Morgan fingerprint density at radius 3 is 2.44 bits per heavy atom. The molecule has 1 saturated carbocycles. The van der Waals surface area contributed by atoms with Crippen LogP contribution in [0.4, 0.5) is 0 Å². The molecule has 1 aliphatic carbocycles. The van der Waals surface area contributed by atoms with Gasteiger partial charge in [0.2, 0.25) is 0 Å². The van der Waals surface area contributed by atoms with Gasteiger partial charge in [-0.05, 0) is 24.3 Å². The lowest BCUT2D eigenvalue weighted by atomic mass is 9.89. The van der Waals surface area contributed by atoms with Crippen molar-refractivity contribution < 1.29 is 0 Å². The van der Waals surface area contributed by atoms with Crippen molar-refractivity contribution in [2.45, 2.75) is 24.8 Å². The van der Waals surface area contributed by atoms with Crippen LogP contribution in [0, 0.1) is 5.92 Å². The van der Waals surface area contributed by atoms with E-state index in [1.807, 2.05) is 0 Å². The molecule has 2 nitrogen and oxygen atoms in total. The van der Waals surface area contributed by atoms with Gasteiger partial charge in [0.05, 0.1) is 0 Å². The van der Waals surface area contributed by atoms with E-state index in [1.54, 1.807) is 0 Å². The number of rotatable bonds is 4. The van der Waals surface area contributed by atoms with Gasteiger partial charge < -0.3 is 5.73 Å². The second-order valence-electron chi connectivity index (χ2n) is 5.20. The lowest BCUT2D eigenvalue weighted by molar-refractivity contribution is 0.0830. The number of hydrogen-bond acceptors (Lipinski definition) is 2. The van der Waals surface area contributed by atoms with E-state index in [2.05, 4.69) is 35.2 Å². The highest BCUT2D eigenvalue weighted by Gasteiger charge is 2.40. The first kappa shape index (κ1) is 10.3. The molecule has 0 radical (unpaired) electrons. The van der Waals surface area contributed by atoms with Gasteiger partial charge in [0.1, 0.15) is 0 Å². The number of likely N-dealkylation sites (tertiary alicyclic amines) is 1. The summed E-state index contributed by atoms with van der Waals surface area (Å²) in [6.45, 7) is 3.26. The highest BCUT2D eigenvalue weighted by molar-refractivity contribution is 5.23. The molecule has 1 unspecified atom stereocenters. The standard InChI is InChI=1S/C14H20N2/c15-8-14(12-6-7-12)16-9-13(10-16)11-4-2-1-3-5-11/h1-5,12-14H,6-10,15H2. The lowest BCUT2D eigenvalue weighted by Gasteiger charge is -2.44. The van der Waals surface area contributed by atoms with E-state index in [0.717, 1.165) is 18.4 Å². The quantitative estimate of drug-likeness (QED) is 0.832. The van der Waals surface area contributed by atoms with Gasteiger partial charge in [-0.1, -0.05) is 30.3 Å². The van der Waals surface area contributed by atoms with Crippen molar-refractivity contribution in [2.24, 2.45) is 11.7 Å². The molecular formula is C14H20N2. The van der Waals surface area contributed by atoms with Crippen LogP contribution in [0.5, 0.6) is 0 Å². The fraction of sp³-hybridized carbons (Fsp3) is 0.571. The number of nitrogens with zero attached hydrogens (tertiary/aromatic N) is 1. The zero-order chi connectivity index (χ0) is 11.0. The molecule has 86 valence electrons. The van der Waals surface area contributed by atoms with Gasteiger partial charge in [0.15, 0.2) is 0 Å². The summed E-state index contributed by atoms with van der Waals surface area (Å²) in [5.41, 5.74) is 7.36. The Morgan fingerprint density at radius 1 is 1.19 bits per heavy atom. The Kier molecular flexibility index (Phi) is 2.70. The highest BCUT2D eigenvalue weighted by atomic mass is 15.2. The molecule has 3 rings (SSSR count). The van der Waals surface area contributed by atoms with Crippen LogP contribution in [-0.2, 0) is 0 Å². The summed E-state index contributed by atoms with van der Waals surface area (Å²) < 4.78 is 0. The van der Waals surface area contributed by atoms with Gasteiger partial charge >= 0.3 is 0 Å². The third-order valence-corrected chi connectivity index (χ3v) is 4.06. The summed E-state index contributed by atoms with van der Waals surface area (Å²) in [6.07, 6.45) is 2.79. The summed E-state index contributed by atoms with van der Waals surface area (Å²) in [7, 11) is 0. The Labute approximate surface area is 97.4 Å². The summed E-state index contributed by atoms with van der Waals surface area (Å²) >= 11 is 0. The Hall–Kier alpha value is -0.860. The molecular weight excluding hydrogens is 196 g/mol. The van der Waals surface area contributed by atoms with Gasteiger partial charge in [-0.3, -0.25) is 4.90 Å². The minimum atomic E-state index is 0.667. The molecule has 0 amide bonds. The molecule has 2 fully saturated rings. The molecule has 0 bridgehead atoms. The Balaban J connectivity index is 1.58. The minimum Gasteiger partial charge on any atom is -0.329 e. The van der Waals surface area contributed by atoms with Gasteiger partial charge in [0.25, 0.3) is 0 Å². The average Bonchev–Trinajstić information content (AvgIpc) is 3.08. The molecule has 1 saturated heterocycles. The predicted molar refractivity (Wildman–Crippen MR) is 66.3 cm³/mol. The van der Waals surface area contributed by atoms with Crippen LogP contribution in [0.1, 0.15) is 24.3 Å². The summed E-state index contributed by atoms with van der Waals surface area (Å²) in [6, 6.07) is 11.5. The van der Waals surface area contributed by atoms with Gasteiger partial charge in [0, 0.05) is 31.6 Å². The van der Waals surface area contributed by atoms with E-state index in [9.17, 15) is 0 Å². The number of hydrogen-bond donors (Lipinski definition) is 1. The van der Waals surface area contributed by atoms with E-state index in [4.69, 9.17) is 5.73 Å². The van der Waals surface area contributed by atoms with Crippen molar-refractivity contribution >= 4 is 0 Å². The molecule has 16 heavy (non-hydrogen) atoms. The lowest BCUT2D eigenvalue weighted by Crippen LogP contribution is -2.54. The monoisotopic (exact) mass is 216 g/mol. The second-order valence-corrected chi connectivity index (χ2v) is 5.20. The SMILES string of the molecule is NCC(C1CC1)N1CC(c2ccccc2)C1. The van der Waals surface area contributed by atoms with E-state index in [0.29, 0.717) is 6.04 Å². The topological polar surface area (TPSA) is 29.3 Å². The van der Waals surface area contributed by atoms with Crippen LogP contribution >= 0.6 is 0 Å². The zero-order valence-electron chi connectivity index (χ0n) is 9.68. The first-order chi connectivity index (χ1) is 7.88. The summed E-state index contributed by atoms with van der Waals surface area (Å²) in [4.78, 5) is 2.58. The number of benzene rings is 1. The molecule has 2 aliphatic rings. The van der Waals surface area contributed by atoms with E-state index >= 15 is 0 Å². The summed E-state index contributed by atoms with van der Waals surface area (Å²) in [5.74, 6) is 1.65. The van der Waals surface area contributed by atoms with Crippen molar-refractivity contribution in [1.29, 1.82) is 0 Å². The maximum Gasteiger partial charge on any atom is 0.0247 e. The first-order valence-electron chi connectivity index (χ1n) is 6.37. The van der Waals surface area contributed by atoms with E-state index in [-0.39, 0.29) is 0 Å². The third-order valence-electron chi connectivity index (χ3n) is 4.06. The van der Waals surface area contributed by atoms with Crippen molar-refractivity contribution in [1.82, 2.24) is 4.90 Å². The van der Waals surface area contributed by atoms with E-state index in [1.165, 1.54) is 31.5 Å². The fourth-order valence-electron chi connectivity index (χ4n) is 2.84. The maximum atomic E-state index is 5.87. The van der Waals surface area contributed by atoms with Crippen LogP contribution in [-0.4, -0.2) is 30.6 Å². The molecule has 0 spiro atoms. The Bertz CT molecular complexity index is 339. The third kappa shape index (κ3) is 1.87. The average molecular weight is 216 g/mol. The maximum absolute atomic E-state index is 5.87. The molecule has 0 aromatic heterocycles. The van der Waals surface area contributed by atoms with Crippen molar-refractivity contribution in [3.63, 3.8) is 0 Å². The number of nitrogens with two attached hydrogens (primary N) is 1. The van der Waals surface area contributed by atoms with Gasteiger partial charge in [-0.15, -0.1) is 0 Å². The van der Waals surface area contributed by atoms with E-state index < -0.39 is 0 Å². The van der Waals surface area contributed by atoms with Crippen LogP contribution in [0.15, 0.2) is 30.3 Å². The smallest absolute Gasteiger partial charge is 0.0247 e. The second kappa shape index (κ2) is 4.19. The molecule has 1 atom stereocenters. The highest BCUT2D eigenvalue weighted by Crippen LogP contribution is 2.39. The fourth-order valence-corrected chi connectivity index (χ4v) is 2.84. The molecule has 1 aliphatic heterocycles. The molecule has 2 N–H and O–H groups in total. The molecule has 2 heteroatoms. The normalized spacial score (nSPS) is 24.1. The van der Waals surface area contributed by atoms with Crippen molar-refractivity contribution in [2.75, 3.05) is 19.6 Å². The van der Waals surface area contributed by atoms with Crippen molar-refractivity contribution in [3.8, 4) is 0 Å². The molecule has 1 heterocycles. The first-order valence-corrected chi connectivity index (χ1v) is 6.37. The van der Waals surface area contributed by atoms with Crippen LogP contribution < -0.4 is 5.73 Å². The van der Waals surface area contributed by atoms with Crippen LogP contribution in [0.2, 0.25) is 0 Å².